The van der Waals surface area contributed by atoms with Crippen LogP contribution in [0.15, 0.2) is 85.0 Å². The van der Waals surface area contributed by atoms with Gasteiger partial charge in [-0.15, -0.1) is 11.8 Å². The van der Waals surface area contributed by atoms with Crippen LogP contribution in [0.1, 0.15) is 47.1 Å². The van der Waals surface area contributed by atoms with Gasteiger partial charge in [0.2, 0.25) is 0 Å². The molecule has 0 spiro atoms. The molecule has 40 heavy (non-hydrogen) atoms. The maximum atomic E-state index is 13.8. The second kappa shape index (κ2) is 11.1. The number of aromatic carboxylic acids is 1. The Bertz CT molecular complexity index is 1840. The first-order chi connectivity index (χ1) is 19.2. The van der Waals surface area contributed by atoms with E-state index in [1.165, 1.54) is 15.9 Å². The molecule has 10 heteroatoms. The number of hydrogen-bond acceptors (Lipinski definition) is 8. The summed E-state index contributed by atoms with van der Waals surface area (Å²) in [6.45, 7) is 5.42. The normalized spacial score (nSPS) is 15.1. The predicted molar refractivity (Wildman–Crippen MR) is 154 cm³/mol. The number of carbonyl (C=O) groups excluding carboxylic acids is 1. The van der Waals surface area contributed by atoms with Gasteiger partial charge in [0.1, 0.15) is 11.5 Å². The number of hydrogen-bond donors (Lipinski definition) is 1. The minimum Gasteiger partial charge on any atom is -0.478 e. The molecule has 0 saturated heterocycles. The highest BCUT2D eigenvalue weighted by molar-refractivity contribution is 7.98. The number of furan rings is 1. The van der Waals surface area contributed by atoms with Crippen LogP contribution in [0.25, 0.3) is 17.4 Å². The Kier molecular flexibility index (Phi) is 7.64. The van der Waals surface area contributed by atoms with Gasteiger partial charge in [-0.1, -0.05) is 35.6 Å². The highest BCUT2D eigenvalue weighted by atomic mass is 32.2. The zero-order chi connectivity index (χ0) is 28.6. The van der Waals surface area contributed by atoms with Crippen molar-refractivity contribution in [3.8, 4) is 11.3 Å². The monoisotopic (exact) mass is 574 g/mol. The number of carbonyl (C=O) groups is 2. The van der Waals surface area contributed by atoms with E-state index in [-0.39, 0.29) is 17.7 Å². The van der Waals surface area contributed by atoms with Gasteiger partial charge in [0, 0.05) is 16.5 Å². The molecule has 0 saturated carbocycles. The van der Waals surface area contributed by atoms with E-state index in [0.717, 1.165) is 10.5 Å². The molecule has 0 radical (unpaired) electrons. The summed E-state index contributed by atoms with van der Waals surface area (Å²) in [4.78, 5) is 44.5. The molecule has 0 bridgehead atoms. The molecular formula is C30H26N2O6S2. The maximum absolute atomic E-state index is 13.8. The molecule has 1 aliphatic heterocycles. The number of fused-ring (bicyclic) bond motifs is 1. The SMILES string of the molecule is CCOC(=O)C1=C(C)N=c2s/c(=C\c3ccc(-c4cccc(C(=O)O)c4C)o3)c(=O)n2[C@H]1c1ccc(SC)cc1. The van der Waals surface area contributed by atoms with Crippen LogP contribution < -0.4 is 14.9 Å². The fraction of sp³-hybridized carbons (Fsp3) is 0.200. The van der Waals surface area contributed by atoms with Gasteiger partial charge in [-0.3, -0.25) is 9.36 Å². The Labute approximate surface area is 238 Å². The lowest BCUT2D eigenvalue weighted by Gasteiger charge is -2.24. The summed E-state index contributed by atoms with van der Waals surface area (Å²) >= 11 is 2.81. The third kappa shape index (κ3) is 4.96. The third-order valence-corrected chi connectivity index (χ3v) is 8.40. The van der Waals surface area contributed by atoms with Crippen LogP contribution in [0, 0.1) is 6.92 Å². The molecule has 2 aromatic carbocycles. The fourth-order valence-electron chi connectivity index (χ4n) is 4.73. The number of allylic oxidation sites excluding steroid dienone is 1. The number of benzene rings is 2. The van der Waals surface area contributed by atoms with E-state index in [0.29, 0.717) is 43.3 Å². The number of aromatic nitrogens is 1. The fourth-order valence-corrected chi connectivity index (χ4v) is 6.17. The van der Waals surface area contributed by atoms with Gasteiger partial charge < -0.3 is 14.3 Å². The van der Waals surface area contributed by atoms with Gasteiger partial charge in [0.25, 0.3) is 5.56 Å². The van der Waals surface area contributed by atoms with Crippen molar-refractivity contribution < 1.29 is 23.8 Å². The van der Waals surface area contributed by atoms with E-state index >= 15 is 0 Å². The summed E-state index contributed by atoms with van der Waals surface area (Å²) in [5, 5.41) is 9.46. The van der Waals surface area contributed by atoms with E-state index in [1.807, 2.05) is 30.5 Å². The van der Waals surface area contributed by atoms with Gasteiger partial charge in [-0.25, -0.2) is 14.6 Å². The van der Waals surface area contributed by atoms with Crippen LogP contribution in [-0.4, -0.2) is 34.5 Å². The molecule has 4 aromatic rings. The van der Waals surface area contributed by atoms with Crippen molar-refractivity contribution in [2.45, 2.75) is 31.7 Å². The average molecular weight is 575 g/mol. The van der Waals surface area contributed by atoms with E-state index in [2.05, 4.69) is 4.99 Å². The molecule has 0 fully saturated rings. The second-order valence-corrected chi connectivity index (χ2v) is 10.9. The van der Waals surface area contributed by atoms with Gasteiger partial charge in [0.15, 0.2) is 4.80 Å². The molecule has 0 aliphatic carbocycles. The lowest BCUT2D eigenvalue weighted by atomic mass is 9.96. The molecule has 8 nitrogen and oxygen atoms in total. The Morgan fingerprint density at radius 2 is 1.90 bits per heavy atom. The van der Waals surface area contributed by atoms with Crippen LogP contribution in [0.2, 0.25) is 0 Å². The van der Waals surface area contributed by atoms with Crippen molar-refractivity contribution in [3.05, 3.63) is 108 Å². The number of thiazole rings is 1. The van der Waals surface area contributed by atoms with Crippen LogP contribution in [0.4, 0.5) is 0 Å². The van der Waals surface area contributed by atoms with Crippen LogP contribution in [0.5, 0.6) is 0 Å². The van der Waals surface area contributed by atoms with E-state index in [1.54, 1.807) is 68.9 Å². The van der Waals surface area contributed by atoms with Crippen LogP contribution in [-0.2, 0) is 9.53 Å². The molecule has 1 aliphatic rings. The third-order valence-electron chi connectivity index (χ3n) is 6.68. The number of nitrogens with zero attached hydrogens (tertiary/aromatic N) is 2. The Balaban J connectivity index is 1.62. The van der Waals surface area contributed by atoms with Gasteiger partial charge in [-0.05, 0) is 68.5 Å². The minimum absolute atomic E-state index is 0.196. The molecule has 1 atom stereocenters. The molecule has 1 N–H and O–H groups in total. The summed E-state index contributed by atoms with van der Waals surface area (Å²) in [5.74, 6) is -0.594. The van der Waals surface area contributed by atoms with Crippen molar-refractivity contribution >= 4 is 41.1 Å². The molecule has 0 amide bonds. The topological polar surface area (TPSA) is 111 Å². The zero-order valence-electron chi connectivity index (χ0n) is 22.3. The zero-order valence-corrected chi connectivity index (χ0v) is 23.9. The lowest BCUT2D eigenvalue weighted by molar-refractivity contribution is -0.139. The van der Waals surface area contributed by atoms with E-state index in [9.17, 15) is 19.5 Å². The van der Waals surface area contributed by atoms with Gasteiger partial charge in [0.05, 0.1) is 34.0 Å². The van der Waals surface area contributed by atoms with Crippen molar-refractivity contribution in [2.75, 3.05) is 12.9 Å². The largest absolute Gasteiger partial charge is 0.478 e. The average Bonchev–Trinajstić information content (AvgIpc) is 3.52. The summed E-state index contributed by atoms with van der Waals surface area (Å²) in [5.41, 5.74) is 2.73. The van der Waals surface area contributed by atoms with Crippen LogP contribution >= 0.6 is 23.1 Å². The summed E-state index contributed by atoms with van der Waals surface area (Å²) in [6.07, 6.45) is 3.62. The van der Waals surface area contributed by atoms with Crippen LogP contribution in [0.3, 0.4) is 0 Å². The number of ether oxygens (including phenoxy) is 1. The first-order valence-corrected chi connectivity index (χ1v) is 14.5. The number of carboxylic acids is 1. The number of carboxylic acid groups (broad SMARTS) is 1. The van der Waals surface area contributed by atoms with Crippen molar-refractivity contribution in [1.29, 1.82) is 0 Å². The van der Waals surface area contributed by atoms with Crippen molar-refractivity contribution in [1.82, 2.24) is 4.57 Å². The first kappa shape index (κ1) is 27.4. The highest BCUT2D eigenvalue weighted by Gasteiger charge is 2.33. The Morgan fingerprint density at radius 1 is 1.15 bits per heavy atom. The number of esters is 1. The highest BCUT2D eigenvalue weighted by Crippen LogP contribution is 2.32. The molecule has 5 rings (SSSR count). The standard InChI is InChI=1S/C30H26N2O6S2/c1-5-37-29(36)25-17(3)31-30-32(26(25)18-9-12-20(39-4)13-10-18)27(33)24(40-30)15-19-11-14-23(38-19)21-7-6-8-22(16(21)2)28(34)35/h6-15,26H,5H2,1-4H3,(H,34,35)/b24-15-/t26-/m0/s1. The molecule has 3 heterocycles. The minimum atomic E-state index is -1.01. The molecular weight excluding hydrogens is 548 g/mol. The molecule has 0 unspecified atom stereocenters. The number of thioether (sulfide) groups is 1. The van der Waals surface area contributed by atoms with E-state index in [4.69, 9.17) is 9.15 Å². The van der Waals surface area contributed by atoms with Crippen molar-refractivity contribution in [2.24, 2.45) is 4.99 Å². The smallest absolute Gasteiger partial charge is 0.338 e. The Hall–Kier alpha value is -4.15. The lowest BCUT2D eigenvalue weighted by Crippen LogP contribution is -2.39. The molecule has 2 aromatic heterocycles. The quantitative estimate of drug-likeness (QED) is 0.250. The predicted octanol–water partition coefficient (Wildman–Crippen LogP) is 4.79. The van der Waals surface area contributed by atoms with Crippen molar-refractivity contribution in [3.63, 3.8) is 0 Å². The first-order valence-electron chi connectivity index (χ1n) is 12.5. The Morgan fingerprint density at radius 3 is 2.58 bits per heavy atom. The number of rotatable bonds is 7. The summed E-state index contributed by atoms with van der Waals surface area (Å²) < 4.78 is 13.3. The second-order valence-electron chi connectivity index (χ2n) is 9.06. The maximum Gasteiger partial charge on any atom is 0.338 e. The van der Waals surface area contributed by atoms with E-state index < -0.39 is 18.0 Å². The van der Waals surface area contributed by atoms with Gasteiger partial charge in [-0.2, -0.15) is 0 Å². The van der Waals surface area contributed by atoms with Gasteiger partial charge >= 0.3 is 11.9 Å². The molecule has 204 valence electrons. The summed E-state index contributed by atoms with van der Waals surface area (Å²) in [7, 11) is 0. The summed E-state index contributed by atoms with van der Waals surface area (Å²) in [6, 6.07) is 15.5.